The van der Waals surface area contributed by atoms with Crippen LogP contribution in [-0.4, -0.2) is 49.6 Å². The number of halogens is 1. The molecule has 0 radical (unpaired) electrons. The van der Waals surface area contributed by atoms with Crippen LogP contribution in [0.25, 0.3) is 0 Å². The van der Waals surface area contributed by atoms with E-state index < -0.39 is 9.84 Å². The third-order valence-electron chi connectivity index (χ3n) is 5.06. The highest BCUT2D eigenvalue weighted by atomic mass is 127. The fourth-order valence-electron chi connectivity index (χ4n) is 3.88. The van der Waals surface area contributed by atoms with E-state index in [0.717, 1.165) is 25.4 Å². The first-order valence-electron chi connectivity index (χ1n) is 8.30. The number of fused-ring (bicyclic) bond motifs is 2. The summed E-state index contributed by atoms with van der Waals surface area (Å²) in [7, 11) is -3.26. The van der Waals surface area contributed by atoms with Gasteiger partial charge in [-0.2, -0.15) is 0 Å². The maximum absolute atomic E-state index is 11.5. The van der Waals surface area contributed by atoms with Crippen LogP contribution in [0.4, 0.5) is 0 Å². The molecule has 2 aliphatic rings. The number of piperazine rings is 1. The predicted molar refractivity (Wildman–Crippen MR) is 107 cm³/mol. The van der Waals surface area contributed by atoms with Crippen LogP contribution in [0, 0.1) is 0 Å². The lowest BCUT2D eigenvalue weighted by Crippen LogP contribution is -2.45. The van der Waals surface area contributed by atoms with Gasteiger partial charge in [0.2, 0.25) is 14.9 Å². The number of rotatable bonds is 5. The zero-order valence-corrected chi connectivity index (χ0v) is 17.3. The first kappa shape index (κ1) is 18.9. The fourth-order valence-corrected chi connectivity index (χ4v) is 4.45. The van der Waals surface area contributed by atoms with Crippen LogP contribution in [0.3, 0.4) is 0 Å². The van der Waals surface area contributed by atoms with Gasteiger partial charge in [-0.1, -0.05) is 30.3 Å². The van der Waals surface area contributed by atoms with Gasteiger partial charge in [0.05, 0.1) is 6.54 Å². The van der Waals surface area contributed by atoms with Crippen LogP contribution in [0.15, 0.2) is 52.0 Å². The molecule has 0 aliphatic carbocycles. The van der Waals surface area contributed by atoms with Crippen LogP contribution in [-0.2, 0) is 22.9 Å². The third-order valence-corrected chi connectivity index (χ3v) is 6.01. The van der Waals surface area contributed by atoms with Crippen molar-refractivity contribution in [3.05, 3.63) is 53.8 Å². The molecule has 5 nitrogen and oxygen atoms in total. The molecule has 2 fully saturated rings. The molecule has 2 bridgehead atoms. The van der Waals surface area contributed by atoms with Crippen molar-refractivity contribution >= 4 is 33.8 Å². The molecule has 0 saturated carbocycles. The minimum Gasteiger partial charge on any atom is -0.448 e. The first-order chi connectivity index (χ1) is 11.5. The topological polar surface area (TPSA) is 53.8 Å². The van der Waals surface area contributed by atoms with Gasteiger partial charge in [-0.15, -0.1) is 24.0 Å². The van der Waals surface area contributed by atoms with Crippen molar-refractivity contribution in [3.63, 3.8) is 0 Å². The van der Waals surface area contributed by atoms with Gasteiger partial charge in [0, 0.05) is 38.0 Å². The second-order valence-corrected chi connectivity index (χ2v) is 8.83. The molecule has 4 rings (SSSR count). The molecule has 7 heteroatoms. The Bertz CT molecular complexity index is 822. The van der Waals surface area contributed by atoms with Crippen molar-refractivity contribution in [2.45, 2.75) is 36.7 Å². The van der Waals surface area contributed by atoms with E-state index in [2.05, 4.69) is 40.1 Å². The number of likely N-dealkylation sites (tertiary alicyclic amines) is 2. The Hall–Kier alpha value is -0.900. The van der Waals surface area contributed by atoms with Crippen molar-refractivity contribution in [1.29, 1.82) is 0 Å². The molecule has 2 aromatic rings. The molecule has 2 aliphatic heterocycles. The van der Waals surface area contributed by atoms with Gasteiger partial charge in [0.15, 0.2) is 0 Å². The quantitative estimate of drug-likeness (QED) is 0.624. The van der Waals surface area contributed by atoms with Crippen LogP contribution >= 0.6 is 24.0 Å². The summed E-state index contributed by atoms with van der Waals surface area (Å²) < 4.78 is 28.5. The molecule has 136 valence electrons. The second-order valence-electron chi connectivity index (χ2n) is 6.88. The summed E-state index contributed by atoms with van der Waals surface area (Å²) in [6, 6.07) is 15.0. The smallest absolute Gasteiger partial charge is 0.217 e. The minimum absolute atomic E-state index is 0. The highest BCUT2D eigenvalue weighted by Gasteiger charge is 2.43. The van der Waals surface area contributed by atoms with Gasteiger partial charge < -0.3 is 4.42 Å². The van der Waals surface area contributed by atoms with Crippen molar-refractivity contribution < 1.29 is 12.8 Å². The van der Waals surface area contributed by atoms with Crippen LogP contribution in [0.1, 0.15) is 17.7 Å². The van der Waals surface area contributed by atoms with Gasteiger partial charge in [-0.3, -0.25) is 9.80 Å². The molecular weight excluding hydrogens is 451 g/mol. The molecular formula is C18H23IN2O3S. The van der Waals surface area contributed by atoms with Crippen molar-refractivity contribution in [3.8, 4) is 0 Å². The number of hydrogen-bond donors (Lipinski definition) is 0. The highest BCUT2D eigenvalue weighted by Crippen LogP contribution is 2.33. The van der Waals surface area contributed by atoms with Gasteiger partial charge in [0.1, 0.15) is 5.76 Å². The number of benzene rings is 1. The molecule has 25 heavy (non-hydrogen) atoms. The van der Waals surface area contributed by atoms with E-state index in [9.17, 15) is 8.42 Å². The van der Waals surface area contributed by atoms with Crippen LogP contribution in [0.5, 0.6) is 0 Å². The summed E-state index contributed by atoms with van der Waals surface area (Å²) in [5.41, 5.74) is 1.36. The van der Waals surface area contributed by atoms with E-state index in [1.807, 2.05) is 0 Å². The molecule has 0 unspecified atom stereocenters. The molecule has 0 spiro atoms. The number of hydrogen-bond acceptors (Lipinski definition) is 5. The van der Waals surface area contributed by atoms with E-state index >= 15 is 0 Å². The van der Waals surface area contributed by atoms with Crippen LogP contribution < -0.4 is 0 Å². The molecule has 1 aromatic carbocycles. The van der Waals surface area contributed by atoms with Crippen molar-refractivity contribution in [2.75, 3.05) is 19.3 Å². The lowest BCUT2D eigenvalue weighted by atomic mass is 10.2. The van der Waals surface area contributed by atoms with Gasteiger partial charge in [-0.25, -0.2) is 8.42 Å². The lowest BCUT2D eigenvalue weighted by Gasteiger charge is -2.33. The summed E-state index contributed by atoms with van der Waals surface area (Å²) in [5.74, 6) is 0.734. The van der Waals surface area contributed by atoms with Gasteiger partial charge >= 0.3 is 0 Å². The predicted octanol–water partition coefficient (Wildman–Crippen LogP) is 2.76. The molecule has 0 N–H and O–H groups in total. The highest BCUT2D eigenvalue weighted by molar-refractivity contribution is 14.0. The maximum atomic E-state index is 11.5. The lowest BCUT2D eigenvalue weighted by molar-refractivity contribution is 0.111. The molecule has 2 atom stereocenters. The van der Waals surface area contributed by atoms with E-state index in [1.54, 1.807) is 12.1 Å². The Kier molecular flexibility index (Phi) is 5.57. The first-order valence-corrected chi connectivity index (χ1v) is 10.2. The summed E-state index contributed by atoms with van der Waals surface area (Å²) in [4.78, 5) is 4.97. The SMILES string of the molecule is CS(=O)(=O)c1ccc(CN2C[C@@H]3C[C@H]2CN3Cc2ccccc2)o1.I. The molecule has 2 saturated heterocycles. The third kappa shape index (κ3) is 4.10. The standard InChI is InChI=1S/C18H22N2O3S.HI/c1-24(21,22)18-8-7-17(23-18)13-20-12-15-9-16(20)11-19(15)10-14-5-3-2-4-6-14;/h2-8,15-16H,9-13H2,1H3;1H/t15-,16-;/m0./s1. The number of furan rings is 1. The Balaban J connectivity index is 0.00000182. The second kappa shape index (κ2) is 7.38. The van der Waals surface area contributed by atoms with E-state index in [-0.39, 0.29) is 29.1 Å². The van der Waals surface area contributed by atoms with E-state index in [1.165, 1.54) is 18.2 Å². The average Bonchev–Trinajstić information content (AvgIpc) is 3.23. The summed E-state index contributed by atoms with van der Waals surface area (Å²) in [6.45, 7) is 3.79. The molecule has 1 aromatic heterocycles. The summed E-state index contributed by atoms with van der Waals surface area (Å²) >= 11 is 0. The zero-order valence-electron chi connectivity index (χ0n) is 14.2. The molecule has 3 heterocycles. The number of nitrogens with zero attached hydrogens (tertiary/aromatic N) is 2. The Labute approximate surface area is 165 Å². The van der Waals surface area contributed by atoms with E-state index in [4.69, 9.17) is 4.42 Å². The number of sulfone groups is 1. The summed E-state index contributed by atoms with van der Waals surface area (Å²) in [6.07, 6.45) is 2.36. The Morgan fingerprint density at radius 1 is 1.00 bits per heavy atom. The van der Waals surface area contributed by atoms with Crippen molar-refractivity contribution in [1.82, 2.24) is 9.80 Å². The average molecular weight is 474 g/mol. The van der Waals surface area contributed by atoms with Gasteiger partial charge in [0.25, 0.3) is 0 Å². The van der Waals surface area contributed by atoms with Crippen LogP contribution in [0.2, 0.25) is 0 Å². The van der Waals surface area contributed by atoms with E-state index in [0.29, 0.717) is 18.6 Å². The minimum atomic E-state index is -3.26. The van der Waals surface area contributed by atoms with Gasteiger partial charge in [-0.05, 0) is 24.1 Å². The largest absolute Gasteiger partial charge is 0.448 e. The Morgan fingerprint density at radius 2 is 1.64 bits per heavy atom. The zero-order chi connectivity index (χ0) is 16.7. The Morgan fingerprint density at radius 3 is 2.20 bits per heavy atom. The fraction of sp³-hybridized carbons (Fsp3) is 0.444. The van der Waals surface area contributed by atoms with Crippen molar-refractivity contribution in [2.24, 2.45) is 0 Å². The maximum Gasteiger partial charge on any atom is 0.217 e. The summed E-state index contributed by atoms with van der Waals surface area (Å²) in [5, 5.41) is 0.0626. The monoisotopic (exact) mass is 474 g/mol. The normalized spacial score (nSPS) is 23.7. The molecule has 0 amide bonds.